The summed E-state index contributed by atoms with van der Waals surface area (Å²) >= 11 is 0. The van der Waals surface area contributed by atoms with Gasteiger partial charge in [-0.25, -0.2) is 19.1 Å². The lowest BCUT2D eigenvalue weighted by atomic mass is 10.1. The van der Waals surface area contributed by atoms with Crippen LogP contribution in [0.3, 0.4) is 0 Å². The molecule has 1 atom stereocenters. The second-order valence-electron chi connectivity index (χ2n) is 5.90. The summed E-state index contributed by atoms with van der Waals surface area (Å²) < 4.78 is 8.88. The molecule has 0 aliphatic carbocycles. The summed E-state index contributed by atoms with van der Waals surface area (Å²) in [6.07, 6.45) is 2.72. The van der Waals surface area contributed by atoms with Gasteiger partial charge in [0.15, 0.2) is 0 Å². The molecular weight excluding hydrogens is 332 g/mol. The van der Waals surface area contributed by atoms with Crippen molar-refractivity contribution < 1.29 is 9.53 Å². The maximum Gasteiger partial charge on any atom is 0.338 e. The molecule has 0 N–H and O–H groups in total. The summed E-state index contributed by atoms with van der Waals surface area (Å²) in [5.41, 5.74) is 3.77. The van der Waals surface area contributed by atoms with Crippen LogP contribution in [-0.2, 0) is 11.8 Å². The highest BCUT2D eigenvalue weighted by Gasteiger charge is 2.15. The Balaban J connectivity index is 1.50. The van der Waals surface area contributed by atoms with Gasteiger partial charge in [0.25, 0.3) is 0 Å². The number of aromatic nitrogens is 6. The van der Waals surface area contributed by atoms with E-state index in [-0.39, 0.29) is 12.1 Å². The molecule has 4 aromatic rings. The largest absolute Gasteiger partial charge is 0.454 e. The van der Waals surface area contributed by atoms with E-state index in [1.54, 1.807) is 40.9 Å². The minimum absolute atomic E-state index is 0.382. The molecular formula is C18H16N6O2. The van der Waals surface area contributed by atoms with E-state index in [2.05, 4.69) is 20.4 Å². The highest BCUT2D eigenvalue weighted by molar-refractivity contribution is 5.93. The number of esters is 1. The third-order valence-corrected chi connectivity index (χ3v) is 4.18. The van der Waals surface area contributed by atoms with E-state index in [1.807, 2.05) is 31.2 Å². The van der Waals surface area contributed by atoms with Crippen molar-refractivity contribution in [3.05, 3.63) is 66.2 Å². The monoisotopic (exact) mass is 348 g/mol. The molecule has 130 valence electrons. The summed E-state index contributed by atoms with van der Waals surface area (Å²) in [5, 5.41) is 12.0. The second kappa shape index (κ2) is 6.40. The van der Waals surface area contributed by atoms with Gasteiger partial charge in [0.1, 0.15) is 24.3 Å². The molecule has 0 spiro atoms. The van der Waals surface area contributed by atoms with Gasteiger partial charge in [-0.1, -0.05) is 17.3 Å². The molecule has 0 amide bonds. The molecule has 8 nitrogen and oxygen atoms in total. The Morgan fingerprint density at radius 1 is 1.15 bits per heavy atom. The number of hydrogen-bond acceptors (Lipinski definition) is 6. The first-order chi connectivity index (χ1) is 12.6. The van der Waals surface area contributed by atoms with Crippen LogP contribution in [-0.4, -0.2) is 35.7 Å². The van der Waals surface area contributed by atoms with Crippen LogP contribution in [0.25, 0.3) is 16.7 Å². The molecule has 4 rings (SSSR count). The van der Waals surface area contributed by atoms with Crippen LogP contribution in [0.5, 0.6) is 0 Å². The zero-order chi connectivity index (χ0) is 18.1. The van der Waals surface area contributed by atoms with Crippen molar-refractivity contribution in [1.29, 1.82) is 0 Å². The average molecular weight is 348 g/mol. The van der Waals surface area contributed by atoms with E-state index in [0.29, 0.717) is 5.56 Å². The van der Waals surface area contributed by atoms with Gasteiger partial charge in [-0.3, -0.25) is 0 Å². The minimum Gasteiger partial charge on any atom is -0.454 e. The standard InChI is InChI=1S/C18H16N6O2/c1-12(13-3-6-15(7-4-13)24-11-19-10-20-24)26-18(25)14-5-8-16-17(9-14)23(2)22-21-16/h3-12H,1-2H3. The summed E-state index contributed by atoms with van der Waals surface area (Å²) in [5.74, 6) is -0.388. The predicted octanol–water partition coefficient (Wildman–Crippen LogP) is 2.47. The number of fused-ring (bicyclic) bond motifs is 1. The molecule has 0 radical (unpaired) electrons. The molecule has 0 aliphatic rings. The highest BCUT2D eigenvalue weighted by atomic mass is 16.5. The van der Waals surface area contributed by atoms with Crippen LogP contribution in [0.4, 0.5) is 0 Å². The maximum atomic E-state index is 12.5. The van der Waals surface area contributed by atoms with E-state index in [9.17, 15) is 4.79 Å². The lowest BCUT2D eigenvalue weighted by molar-refractivity contribution is 0.0338. The second-order valence-corrected chi connectivity index (χ2v) is 5.90. The zero-order valence-corrected chi connectivity index (χ0v) is 14.3. The Labute approximate surface area is 149 Å². The van der Waals surface area contributed by atoms with Gasteiger partial charge in [0.05, 0.1) is 16.8 Å². The van der Waals surface area contributed by atoms with Crippen LogP contribution in [0.15, 0.2) is 55.1 Å². The summed E-state index contributed by atoms with van der Waals surface area (Å²) in [7, 11) is 1.78. The van der Waals surface area contributed by atoms with Crippen LogP contribution < -0.4 is 0 Å². The normalized spacial score (nSPS) is 12.2. The molecule has 0 aliphatic heterocycles. The fourth-order valence-corrected chi connectivity index (χ4v) is 2.69. The highest BCUT2D eigenvalue weighted by Crippen LogP contribution is 2.21. The van der Waals surface area contributed by atoms with Gasteiger partial charge < -0.3 is 4.74 Å². The van der Waals surface area contributed by atoms with Crippen LogP contribution >= 0.6 is 0 Å². The molecule has 0 fully saturated rings. The number of aryl methyl sites for hydroxylation is 1. The molecule has 8 heteroatoms. The van der Waals surface area contributed by atoms with Gasteiger partial charge in [-0.15, -0.1) is 5.10 Å². The van der Waals surface area contributed by atoms with Gasteiger partial charge in [-0.2, -0.15) is 5.10 Å². The number of rotatable bonds is 4. The number of ether oxygens (including phenoxy) is 1. The quantitative estimate of drug-likeness (QED) is 0.527. The van der Waals surface area contributed by atoms with Gasteiger partial charge >= 0.3 is 5.97 Å². The number of carbonyl (C=O) groups is 1. The molecule has 1 unspecified atom stereocenters. The Hall–Kier alpha value is -3.55. The van der Waals surface area contributed by atoms with Crippen LogP contribution in [0, 0.1) is 0 Å². The van der Waals surface area contributed by atoms with E-state index in [0.717, 1.165) is 22.3 Å². The topological polar surface area (TPSA) is 87.7 Å². The SMILES string of the molecule is CC(OC(=O)c1ccc2nnn(C)c2c1)c1ccc(-n2cncn2)cc1. The molecule has 0 saturated heterocycles. The Bertz CT molecular complexity index is 1050. The van der Waals surface area contributed by atoms with Crippen LogP contribution in [0.2, 0.25) is 0 Å². The molecule has 0 bridgehead atoms. The average Bonchev–Trinajstić information content (AvgIpc) is 3.32. The Kier molecular flexibility index (Phi) is 3.92. The molecule has 0 saturated carbocycles. The first kappa shape index (κ1) is 15.9. The molecule has 2 aromatic heterocycles. The minimum atomic E-state index is -0.388. The van der Waals surface area contributed by atoms with E-state index >= 15 is 0 Å². The van der Waals surface area contributed by atoms with Crippen molar-refractivity contribution in [2.45, 2.75) is 13.0 Å². The van der Waals surface area contributed by atoms with Gasteiger partial charge in [0.2, 0.25) is 0 Å². The van der Waals surface area contributed by atoms with Crippen molar-refractivity contribution in [2.24, 2.45) is 7.05 Å². The van der Waals surface area contributed by atoms with Crippen molar-refractivity contribution in [1.82, 2.24) is 29.8 Å². The number of benzene rings is 2. The van der Waals surface area contributed by atoms with E-state index < -0.39 is 0 Å². The molecule has 2 heterocycles. The van der Waals surface area contributed by atoms with E-state index in [1.165, 1.54) is 6.33 Å². The summed E-state index contributed by atoms with van der Waals surface area (Å²) in [6, 6.07) is 12.8. The molecule has 2 aromatic carbocycles. The summed E-state index contributed by atoms with van der Waals surface area (Å²) in [4.78, 5) is 16.4. The van der Waals surface area contributed by atoms with Gasteiger partial charge in [0, 0.05) is 7.05 Å². The first-order valence-corrected chi connectivity index (χ1v) is 8.07. The Morgan fingerprint density at radius 2 is 1.96 bits per heavy atom. The van der Waals surface area contributed by atoms with Gasteiger partial charge in [-0.05, 0) is 42.8 Å². The fraction of sp³-hybridized carbons (Fsp3) is 0.167. The fourth-order valence-electron chi connectivity index (χ4n) is 2.69. The number of hydrogen-bond donors (Lipinski definition) is 0. The van der Waals surface area contributed by atoms with Crippen molar-refractivity contribution in [2.75, 3.05) is 0 Å². The lowest BCUT2D eigenvalue weighted by Crippen LogP contribution is -2.09. The third-order valence-electron chi connectivity index (χ3n) is 4.18. The van der Waals surface area contributed by atoms with Crippen molar-refractivity contribution >= 4 is 17.0 Å². The zero-order valence-electron chi connectivity index (χ0n) is 14.3. The van der Waals surface area contributed by atoms with Crippen molar-refractivity contribution in [3.8, 4) is 5.69 Å². The van der Waals surface area contributed by atoms with E-state index in [4.69, 9.17) is 4.74 Å². The first-order valence-electron chi connectivity index (χ1n) is 8.07. The maximum absolute atomic E-state index is 12.5. The summed E-state index contributed by atoms with van der Waals surface area (Å²) in [6.45, 7) is 1.84. The Morgan fingerprint density at radius 3 is 2.69 bits per heavy atom. The lowest BCUT2D eigenvalue weighted by Gasteiger charge is -2.14. The third kappa shape index (κ3) is 2.92. The number of nitrogens with zero attached hydrogens (tertiary/aromatic N) is 6. The van der Waals surface area contributed by atoms with Crippen LogP contribution in [0.1, 0.15) is 28.9 Å². The number of carbonyl (C=O) groups excluding carboxylic acids is 1. The van der Waals surface area contributed by atoms with Crippen molar-refractivity contribution in [3.63, 3.8) is 0 Å². The molecule has 26 heavy (non-hydrogen) atoms. The smallest absolute Gasteiger partial charge is 0.338 e. The predicted molar refractivity (Wildman–Crippen MR) is 93.7 cm³/mol.